The Morgan fingerprint density at radius 3 is 2.26 bits per heavy atom. The standard InChI is InChI=1S/C25H20FN/c1-17-13-21-15-20(10-12-25(21)27-16-17)23-8-6-4-3-5-7-22(23)19-9-11-24(26)18(2)14-19/h3-15H,1,16H2,2H3. The number of halogens is 1. The van der Waals surface area contributed by atoms with E-state index in [9.17, 15) is 4.39 Å². The van der Waals surface area contributed by atoms with Gasteiger partial charge in [0, 0.05) is 5.22 Å². The maximum atomic E-state index is 13.8. The lowest BCUT2D eigenvalue weighted by molar-refractivity contribution is 0.618. The van der Waals surface area contributed by atoms with Gasteiger partial charge in [-0.2, -0.15) is 0 Å². The normalized spacial score (nSPS) is 15.7. The Kier molecular flexibility index (Phi) is 4.55. The van der Waals surface area contributed by atoms with Crippen molar-refractivity contribution in [2.45, 2.75) is 6.92 Å². The smallest absolute Gasteiger partial charge is 0.126 e. The molecule has 0 bridgehead atoms. The monoisotopic (exact) mass is 353 g/mol. The Bertz CT molecular complexity index is 1170. The molecule has 0 spiro atoms. The van der Waals surface area contributed by atoms with Crippen LogP contribution >= 0.6 is 0 Å². The topological polar surface area (TPSA) is 12.4 Å². The van der Waals surface area contributed by atoms with Crippen LogP contribution in [0.2, 0.25) is 0 Å². The summed E-state index contributed by atoms with van der Waals surface area (Å²) in [4.78, 5) is 4.56. The number of allylic oxidation sites excluding steroid dienone is 8. The molecular weight excluding hydrogens is 333 g/mol. The highest BCUT2D eigenvalue weighted by Gasteiger charge is 2.11. The van der Waals surface area contributed by atoms with Crippen molar-refractivity contribution in [2.24, 2.45) is 4.99 Å². The molecule has 1 aliphatic heterocycles. The van der Waals surface area contributed by atoms with Gasteiger partial charge >= 0.3 is 0 Å². The second-order valence-electron chi connectivity index (χ2n) is 6.79. The minimum absolute atomic E-state index is 0.185. The minimum atomic E-state index is -0.185. The van der Waals surface area contributed by atoms with Gasteiger partial charge in [-0.15, -0.1) is 0 Å². The highest BCUT2D eigenvalue weighted by atomic mass is 19.1. The number of fused-ring (bicyclic) bond motifs is 1. The quantitative estimate of drug-likeness (QED) is 0.742. The van der Waals surface area contributed by atoms with Gasteiger partial charge in [0.1, 0.15) is 5.82 Å². The summed E-state index contributed by atoms with van der Waals surface area (Å²) in [7, 11) is 0. The molecule has 0 N–H and O–H groups in total. The van der Waals surface area contributed by atoms with Crippen LogP contribution in [0.4, 0.5) is 4.39 Å². The van der Waals surface area contributed by atoms with E-state index in [1.807, 2.05) is 36.4 Å². The van der Waals surface area contributed by atoms with E-state index in [-0.39, 0.29) is 5.82 Å². The predicted octanol–water partition coefficient (Wildman–Crippen LogP) is 4.70. The lowest BCUT2D eigenvalue weighted by Crippen LogP contribution is -2.28. The summed E-state index contributed by atoms with van der Waals surface area (Å²) in [6.07, 6.45) is 14.3. The minimum Gasteiger partial charge on any atom is -0.280 e. The lowest BCUT2D eigenvalue weighted by Gasteiger charge is -2.13. The molecule has 0 fully saturated rings. The second kappa shape index (κ2) is 7.16. The summed E-state index contributed by atoms with van der Waals surface area (Å²) in [6, 6.07) is 11.6. The molecule has 2 aromatic carbocycles. The highest BCUT2D eigenvalue weighted by Crippen LogP contribution is 2.30. The molecule has 27 heavy (non-hydrogen) atoms. The first-order valence-electron chi connectivity index (χ1n) is 8.98. The molecule has 0 radical (unpaired) electrons. The summed E-state index contributed by atoms with van der Waals surface area (Å²) in [5.41, 5.74) is 5.90. The molecule has 4 rings (SSSR count). The van der Waals surface area contributed by atoms with Gasteiger partial charge in [0.05, 0.1) is 11.9 Å². The van der Waals surface area contributed by atoms with Gasteiger partial charge in [-0.1, -0.05) is 55.2 Å². The fourth-order valence-corrected chi connectivity index (χ4v) is 3.36. The number of nitrogens with zero attached hydrogens (tertiary/aromatic N) is 1. The summed E-state index contributed by atoms with van der Waals surface area (Å²) < 4.78 is 13.8. The lowest BCUT2D eigenvalue weighted by atomic mass is 9.91. The van der Waals surface area contributed by atoms with Crippen molar-refractivity contribution in [1.29, 1.82) is 0 Å². The molecule has 1 heterocycles. The molecule has 1 aliphatic carbocycles. The van der Waals surface area contributed by atoms with Gasteiger partial charge in [0.15, 0.2) is 0 Å². The molecule has 1 nitrogen and oxygen atoms in total. The third-order valence-electron chi connectivity index (χ3n) is 4.77. The van der Waals surface area contributed by atoms with Gasteiger partial charge in [-0.3, -0.25) is 4.99 Å². The molecule has 0 aromatic heterocycles. The first-order chi connectivity index (χ1) is 13.1. The fourth-order valence-electron chi connectivity index (χ4n) is 3.36. The van der Waals surface area contributed by atoms with Crippen LogP contribution in [0, 0.1) is 12.7 Å². The molecule has 0 saturated carbocycles. The third-order valence-corrected chi connectivity index (χ3v) is 4.77. The zero-order chi connectivity index (χ0) is 18.8. The molecular formula is C25H20FN. The van der Waals surface area contributed by atoms with Crippen molar-refractivity contribution in [2.75, 3.05) is 6.54 Å². The number of rotatable bonds is 2. The highest BCUT2D eigenvalue weighted by molar-refractivity contribution is 6.00. The maximum Gasteiger partial charge on any atom is 0.126 e. The molecule has 2 aliphatic rings. The Morgan fingerprint density at radius 1 is 0.889 bits per heavy atom. The van der Waals surface area contributed by atoms with Crippen molar-refractivity contribution in [3.63, 3.8) is 0 Å². The Hall–Kier alpha value is -3.26. The number of hydrogen-bond donors (Lipinski definition) is 0. The predicted molar refractivity (Wildman–Crippen MR) is 111 cm³/mol. The van der Waals surface area contributed by atoms with Crippen molar-refractivity contribution in [3.8, 4) is 0 Å². The second-order valence-corrected chi connectivity index (χ2v) is 6.79. The van der Waals surface area contributed by atoms with Crippen LogP contribution in [0.5, 0.6) is 0 Å². The van der Waals surface area contributed by atoms with Crippen LogP contribution in [0.25, 0.3) is 17.2 Å². The molecule has 132 valence electrons. The molecule has 0 unspecified atom stereocenters. The van der Waals surface area contributed by atoms with Crippen LogP contribution in [-0.4, -0.2) is 6.54 Å². The fraction of sp³-hybridized carbons (Fsp3) is 0.0800. The first-order valence-corrected chi connectivity index (χ1v) is 8.98. The zero-order valence-electron chi connectivity index (χ0n) is 15.2. The largest absolute Gasteiger partial charge is 0.280 e. The summed E-state index contributed by atoms with van der Waals surface area (Å²) >= 11 is 0. The van der Waals surface area contributed by atoms with E-state index in [0.717, 1.165) is 38.4 Å². The van der Waals surface area contributed by atoms with Gasteiger partial charge in [-0.05, 0) is 70.7 Å². The van der Waals surface area contributed by atoms with E-state index in [1.165, 1.54) is 6.07 Å². The first kappa shape index (κ1) is 17.2. The third kappa shape index (κ3) is 3.52. The van der Waals surface area contributed by atoms with Gasteiger partial charge in [-0.25, -0.2) is 4.39 Å². The zero-order valence-corrected chi connectivity index (χ0v) is 15.2. The van der Waals surface area contributed by atoms with Crippen molar-refractivity contribution in [1.82, 2.24) is 0 Å². The SMILES string of the molecule is C=C1C=c2cc(C3=C(c4ccc(F)c(C)c4)C=CC=CC=C3)ccc2=NC1. The van der Waals surface area contributed by atoms with Crippen LogP contribution in [0.1, 0.15) is 16.7 Å². The van der Waals surface area contributed by atoms with Crippen LogP contribution in [-0.2, 0) is 0 Å². The van der Waals surface area contributed by atoms with Gasteiger partial charge in [0.2, 0.25) is 0 Å². The molecule has 0 saturated heterocycles. The summed E-state index contributed by atoms with van der Waals surface area (Å²) in [5, 5.41) is 2.08. The van der Waals surface area contributed by atoms with Crippen molar-refractivity contribution >= 4 is 17.2 Å². The van der Waals surface area contributed by atoms with E-state index in [0.29, 0.717) is 12.1 Å². The van der Waals surface area contributed by atoms with Crippen LogP contribution < -0.4 is 10.6 Å². The molecule has 0 atom stereocenters. The number of aryl methyl sites for hydroxylation is 1. The average molecular weight is 353 g/mol. The number of hydrogen-bond acceptors (Lipinski definition) is 1. The molecule has 2 aromatic rings. The summed E-state index contributed by atoms with van der Waals surface area (Å²) in [5.74, 6) is -0.185. The van der Waals surface area contributed by atoms with Crippen LogP contribution in [0.3, 0.4) is 0 Å². The molecule has 2 heteroatoms. The van der Waals surface area contributed by atoms with Gasteiger partial charge in [0.25, 0.3) is 0 Å². The Balaban J connectivity index is 1.96. The van der Waals surface area contributed by atoms with E-state index in [4.69, 9.17) is 0 Å². The number of benzene rings is 2. The van der Waals surface area contributed by atoms with Gasteiger partial charge < -0.3 is 0 Å². The Labute approximate surface area is 158 Å². The summed E-state index contributed by atoms with van der Waals surface area (Å²) in [6.45, 7) is 6.48. The van der Waals surface area contributed by atoms with E-state index >= 15 is 0 Å². The van der Waals surface area contributed by atoms with E-state index in [2.05, 4.69) is 48.0 Å². The van der Waals surface area contributed by atoms with Crippen molar-refractivity contribution < 1.29 is 4.39 Å². The van der Waals surface area contributed by atoms with Crippen LogP contribution in [0.15, 0.2) is 90.0 Å². The Morgan fingerprint density at radius 2 is 1.56 bits per heavy atom. The van der Waals surface area contributed by atoms with Crippen molar-refractivity contribution in [3.05, 3.63) is 118 Å². The molecule has 0 amide bonds. The van der Waals surface area contributed by atoms with E-state index < -0.39 is 0 Å². The average Bonchev–Trinajstić information content (AvgIpc) is 2.63. The van der Waals surface area contributed by atoms with E-state index in [1.54, 1.807) is 6.92 Å². The maximum absolute atomic E-state index is 13.8.